The topological polar surface area (TPSA) is 144 Å². The smallest absolute Gasteiger partial charge is 0.408 e. The van der Waals surface area contributed by atoms with Crippen molar-refractivity contribution in [3.63, 3.8) is 0 Å². The van der Waals surface area contributed by atoms with Crippen molar-refractivity contribution in [2.75, 3.05) is 0 Å². The Bertz CT molecular complexity index is 566. The third-order valence-corrected chi connectivity index (χ3v) is 3.28. The first-order chi connectivity index (χ1) is 10.6. The van der Waals surface area contributed by atoms with Gasteiger partial charge in [0.15, 0.2) is 0 Å². The van der Waals surface area contributed by atoms with E-state index in [1.54, 1.807) is 45.0 Å². The second-order valence-corrected chi connectivity index (χ2v) is 6.20. The monoisotopic (exact) mass is 341 g/mol. The van der Waals surface area contributed by atoms with E-state index in [0.29, 0.717) is 0 Å². The maximum Gasteiger partial charge on any atom is 0.408 e. The van der Waals surface area contributed by atoms with Gasteiger partial charge in [-0.05, 0) is 11.0 Å². The zero-order chi connectivity index (χ0) is 17.6. The first kappa shape index (κ1) is 21.4. The number of carboxylic acids is 2. The summed E-state index contributed by atoms with van der Waals surface area (Å²) in [6, 6.07) is 7.27. The number of carbonyl (C=O) groups is 3. The van der Waals surface area contributed by atoms with Crippen molar-refractivity contribution in [1.82, 2.24) is 5.32 Å². The molecule has 0 aliphatic rings. The van der Waals surface area contributed by atoms with Crippen LogP contribution in [0.1, 0.15) is 26.3 Å². The molecule has 5 N–H and O–H groups in total. The minimum atomic E-state index is -1.59. The van der Waals surface area contributed by atoms with E-state index in [-0.39, 0.29) is 12.1 Å². The summed E-state index contributed by atoms with van der Waals surface area (Å²) in [5.41, 5.74) is -0.123. The summed E-state index contributed by atoms with van der Waals surface area (Å²) in [5, 5.41) is 20.7. The highest BCUT2D eigenvalue weighted by Crippen LogP contribution is 2.29. The number of hydrogen-bond donors (Lipinski definition) is 3. The van der Waals surface area contributed by atoms with Crippen LogP contribution in [0.25, 0.3) is 0 Å². The molecule has 0 aliphatic carbocycles. The third-order valence-electron chi connectivity index (χ3n) is 3.28. The number of hydrogen-bond acceptors (Lipinski definition) is 4. The van der Waals surface area contributed by atoms with Crippen LogP contribution < -0.4 is 5.32 Å². The lowest BCUT2D eigenvalue weighted by Gasteiger charge is -2.31. The minimum absolute atomic E-state index is 0. The summed E-state index contributed by atoms with van der Waals surface area (Å²) in [5.74, 6) is -4.03. The summed E-state index contributed by atoms with van der Waals surface area (Å²) in [6.45, 7) is 4.75. The van der Waals surface area contributed by atoms with Crippen LogP contribution in [-0.2, 0) is 20.9 Å². The Morgan fingerprint density at radius 1 is 1.08 bits per heavy atom. The molecule has 0 fully saturated rings. The average Bonchev–Trinajstić information content (AvgIpc) is 2.43. The van der Waals surface area contributed by atoms with Gasteiger partial charge in [-0.15, -0.1) is 0 Å². The summed E-state index contributed by atoms with van der Waals surface area (Å²) in [6.07, 6.45) is -0.975. The molecule has 1 amide bonds. The van der Waals surface area contributed by atoms with Gasteiger partial charge < -0.3 is 25.7 Å². The summed E-state index contributed by atoms with van der Waals surface area (Å²) >= 11 is 0. The lowest BCUT2D eigenvalue weighted by Crippen LogP contribution is -2.52. The molecule has 1 rings (SSSR count). The van der Waals surface area contributed by atoms with Gasteiger partial charge in [-0.2, -0.15) is 0 Å². The molecular formula is C16H23NO7. The minimum Gasteiger partial charge on any atom is -0.481 e. The molecular weight excluding hydrogens is 318 g/mol. The van der Waals surface area contributed by atoms with E-state index in [9.17, 15) is 24.6 Å². The summed E-state index contributed by atoms with van der Waals surface area (Å²) < 4.78 is 4.94. The number of carboxylic acid groups (broad SMARTS) is 2. The number of amides is 1. The molecule has 0 radical (unpaired) electrons. The Balaban J connectivity index is 0.00000529. The van der Waals surface area contributed by atoms with Gasteiger partial charge in [-0.25, -0.2) is 9.59 Å². The number of carbonyl (C=O) groups excluding carboxylic acids is 1. The number of aliphatic carboxylic acids is 2. The predicted octanol–water partition coefficient (Wildman–Crippen LogP) is 1.29. The van der Waals surface area contributed by atoms with Crippen LogP contribution in [0, 0.1) is 11.3 Å². The average molecular weight is 341 g/mol. The van der Waals surface area contributed by atoms with E-state index in [1.165, 1.54) is 0 Å². The highest BCUT2D eigenvalue weighted by Gasteiger charge is 2.43. The molecule has 0 aliphatic heterocycles. The molecule has 0 saturated carbocycles. The summed E-state index contributed by atoms with van der Waals surface area (Å²) in [4.78, 5) is 34.6. The van der Waals surface area contributed by atoms with Crippen LogP contribution in [0.4, 0.5) is 4.79 Å². The maximum atomic E-state index is 11.8. The van der Waals surface area contributed by atoms with Crippen LogP contribution in [-0.4, -0.2) is 39.8 Å². The molecule has 1 aromatic rings. The number of ether oxygens (including phenoxy) is 1. The zero-order valence-electron chi connectivity index (χ0n) is 13.8. The molecule has 0 spiro atoms. The first-order valence-electron chi connectivity index (χ1n) is 7.05. The molecule has 2 atom stereocenters. The van der Waals surface area contributed by atoms with Crippen LogP contribution in [0.2, 0.25) is 0 Å². The highest BCUT2D eigenvalue weighted by molar-refractivity contribution is 5.86. The Labute approximate surface area is 139 Å². The molecule has 8 nitrogen and oxygen atoms in total. The lowest BCUT2D eigenvalue weighted by atomic mass is 9.76. The van der Waals surface area contributed by atoms with Crippen molar-refractivity contribution in [1.29, 1.82) is 0 Å². The number of nitrogens with one attached hydrogen (secondary N) is 1. The first-order valence-corrected chi connectivity index (χ1v) is 7.05. The van der Waals surface area contributed by atoms with E-state index in [0.717, 1.165) is 5.56 Å². The van der Waals surface area contributed by atoms with Crippen LogP contribution >= 0.6 is 0 Å². The molecule has 0 saturated heterocycles. The van der Waals surface area contributed by atoms with E-state index in [2.05, 4.69) is 5.32 Å². The molecule has 8 heteroatoms. The second kappa shape index (κ2) is 8.88. The third kappa shape index (κ3) is 6.25. The fraction of sp³-hybridized carbons (Fsp3) is 0.438. The molecule has 0 heterocycles. The number of rotatable bonds is 6. The lowest BCUT2D eigenvalue weighted by molar-refractivity contribution is -0.155. The van der Waals surface area contributed by atoms with Crippen molar-refractivity contribution >= 4 is 18.0 Å². The Hall–Kier alpha value is -2.61. The van der Waals surface area contributed by atoms with Gasteiger partial charge in [-0.3, -0.25) is 4.79 Å². The second-order valence-electron chi connectivity index (χ2n) is 6.20. The fourth-order valence-corrected chi connectivity index (χ4v) is 2.19. The van der Waals surface area contributed by atoms with Gasteiger partial charge in [0.2, 0.25) is 0 Å². The van der Waals surface area contributed by atoms with Crippen molar-refractivity contribution in [2.24, 2.45) is 11.3 Å². The quantitative estimate of drug-likeness (QED) is 0.711. The fourth-order valence-electron chi connectivity index (χ4n) is 2.19. The van der Waals surface area contributed by atoms with Crippen molar-refractivity contribution in [3.8, 4) is 0 Å². The molecule has 1 aromatic carbocycles. The maximum absolute atomic E-state index is 11.8. The standard InChI is InChI=1S/C16H21NO6.H2O/c1-16(2,3)11(13(18)19)12(14(20)21)17-15(22)23-9-10-7-5-4-6-8-10;/h4-8,11-12H,9H2,1-3H3,(H,17,22)(H,18,19)(H,20,21);1H2/t11?,12-;/m0./s1. The van der Waals surface area contributed by atoms with Crippen molar-refractivity contribution < 1.29 is 34.8 Å². The number of benzene rings is 1. The molecule has 1 unspecified atom stereocenters. The Morgan fingerprint density at radius 2 is 1.62 bits per heavy atom. The van der Waals surface area contributed by atoms with Gasteiger partial charge in [0.1, 0.15) is 12.6 Å². The zero-order valence-corrected chi connectivity index (χ0v) is 13.8. The van der Waals surface area contributed by atoms with Crippen LogP contribution in [0.5, 0.6) is 0 Å². The normalized spacial score (nSPS) is 13.1. The Morgan fingerprint density at radius 3 is 2.04 bits per heavy atom. The van der Waals surface area contributed by atoms with Gasteiger partial charge in [-0.1, -0.05) is 51.1 Å². The largest absolute Gasteiger partial charge is 0.481 e. The van der Waals surface area contributed by atoms with Gasteiger partial charge in [0.05, 0.1) is 5.92 Å². The van der Waals surface area contributed by atoms with Crippen LogP contribution in [0.15, 0.2) is 30.3 Å². The summed E-state index contributed by atoms with van der Waals surface area (Å²) in [7, 11) is 0. The van der Waals surface area contributed by atoms with E-state index in [4.69, 9.17) is 4.74 Å². The van der Waals surface area contributed by atoms with Crippen LogP contribution in [0.3, 0.4) is 0 Å². The van der Waals surface area contributed by atoms with Crippen molar-refractivity contribution in [3.05, 3.63) is 35.9 Å². The van der Waals surface area contributed by atoms with Gasteiger partial charge in [0.25, 0.3) is 0 Å². The predicted molar refractivity (Wildman–Crippen MR) is 85.4 cm³/mol. The molecule has 24 heavy (non-hydrogen) atoms. The van der Waals surface area contributed by atoms with Crippen molar-refractivity contribution in [2.45, 2.75) is 33.4 Å². The van der Waals surface area contributed by atoms with Gasteiger partial charge in [0, 0.05) is 0 Å². The molecule has 0 aromatic heterocycles. The SMILES string of the molecule is CC(C)(C)C(C(=O)O)[C@H](NC(=O)OCc1ccccc1)C(=O)O.O. The van der Waals surface area contributed by atoms with E-state index >= 15 is 0 Å². The van der Waals surface area contributed by atoms with E-state index < -0.39 is 35.4 Å². The molecule has 0 bridgehead atoms. The van der Waals surface area contributed by atoms with E-state index in [1.807, 2.05) is 6.07 Å². The molecule has 134 valence electrons. The highest BCUT2D eigenvalue weighted by atomic mass is 16.5. The van der Waals surface area contributed by atoms with Gasteiger partial charge >= 0.3 is 18.0 Å². The Kier molecular flexibility index (Phi) is 7.91. The number of alkyl carbamates (subject to hydrolysis) is 1.